The molecule has 1 N–H and O–H groups in total. The van der Waals surface area contributed by atoms with Gasteiger partial charge >= 0.3 is 0 Å². The predicted molar refractivity (Wildman–Crippen MR) is 62.0 cm³/mol. The Labute approximate surface area is 96.5 Å². The minimum atomic E-state index is -0.563. The summed E-state index contributed by atoms with van der Waals surface area (Å²) in [5.74, 6) is 0. The van der Waals surface area contributed by atoms with E-state index in [0.717, 1.165) is 31.2 Å². The minimum absolute atomic E-state index is 0.402. The lowest BCUT2D eigenvalue weighted by molar-refractivity contribution is -0.125. The summed E-state index contributed by atoms with van der Waals surface area (Å²) in [6.07, 6.45) is 8.24. The second-order valence-corrected chi connectivity index (χ2v) is 4.52. The third-order valence-corrected chi connectivity index (χ3v) is 3.60. The average molecular weight is 221 g/mol. The first-order valence-corrected chi connectivity index (χ1v) is 5.92. The first-order chi connectivity index (χ1) is 7.78. The second-order valence-electron chi connectivity index (χ2n) is 4.52. The highest BCUT2D eigenvalue weighted by molar-refractivity contribution is 5.16. The molecule has 1 fully saturated rings. The van der Waals surface area contributed by atoms with Crippen LogP contribution < -0.4 is 0 Å². The molecule has 1 heterocycles. The number of hydrogen-bond donors (Lipinski definition) is 1. The van der Waals surface area contributed by atoms with Crippen LogP contribution in [0, 0.1) is 0 Å². The molecule has 16 heavy (non-hydrogen) atoms. The van der Waals surface area contributed by atoms with E-state index in [0.29, 0.717) is 0 Å². The first kappa shape index (κ1) is 11.6. The highest BCUT2D eigenvalue weighted by Gasteiger charge is 2.39. The highest BCUT2D eigenvalue weighted by Crippen LogP contribution is 2.40. The van der Waals surface area contributed by atoms with Gasteiger partial charge in [0.2, 0.25) is 0 Å². The van der Waals surface area contributed by atoms with Crippen LogP contribution in [-0.2, 0) is 4.74 Å². The minimum Gasteiger partial charge on any atom is -0.385 e. The number of nitrogens with zero attached hydrogens (tertiary/aromatic N) is 1. The van der Waals surface area contributed by atoms with Gasteiger partial charge in [0.25, 0.3) is 0 Å². The van der Waals surface area contributed by atoms with Crippen molar-refractivity contribution in [3.05, 3.63) is 30.1 Å². The molecule has 0 saturated heterocycles. The van der Waals surface area contributed by atoms with Crippen LogP contribution in [0.1, 0.15) is 43.8 Å². The van der Waals surface area contributed by atoms with E-state index in [2.05, 4.69) is 4.98 Å². The summed E-state index contributed by atoms with van der Waals surface area (Å²) >= 11 is 0. The molecule has 88 valence electrons. The van der Waals surface area contributed by atoms with Crippen molar-refractivity contribution in [2.45, 2.75) is 43.8 Å². The molecule has 1 aromatic heterocycles. The van der Waals surface area contributed by atoms with E-state index in [9.17, 15) is 5.11 Å². The summed E-state index contributed by atoms with van der Waals surface area (Å²) in [4.78, 5) is 4.05. The van der Waals surface area contributed by atoms with Gasteiger partial charge in [-0.05, 0) is 18.9 Å². The van der Waals surface area contributed by atoms with E-state index in [1.807, 2.05) is 12.1 Å². The van der Waals surface area contributed by atoms with Gasteiger partial charge in [0.15, 0.2) is 0 Å². The van der Waals surface area contributed by atoms with Crippen LogP contribution >= 0.6 is 0 Å². The molecule has 0 aromatic carbocycles. The maximum absolute atomic E-state index is 10.4. The van der Waals surface area contributed by atoms with Crippen molar-refractivity contribution in [3.8, 4) is 0 Å². The molecule has 3 heteroatoms. The molecule has 3 nitrogen and oxygen atoms in total. The lowest BCUT2D eigenvalue weighted by Gasteiger charge is -2.39. The molecule has 0 spiro atoms. The van der Waals surface area contributed by atoms with Crippen molar-refractivity contribution in [1.29, 1.82) is 0 Å². The topological polar surface area (TPSA) is 42.4 Å². The van der Waals surface area contributed by atoms with Crippen molar-refractivity contribution in [3.63, 3.8) is 0 Å². The fraction of sp³-hybridized carbons (Fsp3) is 0.615. The van der Waals surface area contributed by atoms with Crippen LogP contribution in [0.5, 0.6) is 0 Å². The number of ether oxygens (including phenoxy) is 1. The average Bonchev–Trinajstić information content (AvgIpc) is 2.39. The Morgan fingerprint density at radius 1 is 1.38 bits per heavy atom. The fourth-order valence-corrected chi connectivity index (χ4v) is 2.58. The number of rotatable bonds is 3. The molecule has 1 atom stereocenters. The van der Waals surface area contributed by atoms with Gasteiger partial charge in [0, 0.05) is 25.1 Å². The van der Waals surface area contributed by atoms with Crippen LogP contribution in [0.2, 0.25) is 0 Å². The molecule has 1 aliphatic rings. The summed E-state index contributed by atoms with van der Waals surface area (Å²) < 4.78 is 5.62. The second kappa shape index (κ2) is 4.93. The number of pyridine rings is 1. The van der Waals surface area contributed by atoms with Crippen molar-refractivity contribution in [2.24, 2.45) is 0 Å². The summed E-state index contributed by atoms with van der Waals surface area (Å²) in [6.45, 7) is 0. The van der Waals surface area contributed by atoms with E-state index >= 15 is 0 Å². The standard InChI is InChI=1S/C13H19NO2/c1-16-13(7-3-2-4-8-13)12(15)11-6-5-9-14-10-11/h5-6,9-10,12,15H,2-4,7-8H2,1H3. The maximum atomic E-state index is 10.4. The molecule has 1 saturated carbocycles. The number of hydrogen-bond acceptors (Lipinski definition) is 3. The molecular weight excluding hydrogens is 202 g/mol. The van der Waals surface area contributed by atoms with Gasteiger partial charge in [-0.1, -0.05) is 25.3 Å². The summed E-state index contributed by atoms with van der Waals surface area (Å²) in [5, 5.41) is 10.4. The zero-order valence-corrected chi connectivity index (χ0v) is 9.72. The number of aliphatic hydroxyl groups excluding tert-OH is 1. The van der Waals surface area contributed by atoms with E-state index < -0.39 is 11.7 Å². The molecule has 0 bridgehead atoms. The van der Waals surface area contributed by atoms with Gasteiger partial charge in [-0.25, -0.2) is 0 Å². The summed E-state index contributed by atoms with van der Waals surface area (Å²) in [7, 11) is 1.70. The number of aliphatic hydroxyl groups is 1. The maximum Gasteiger partial charge on any atom is 0.109 e. The Balaban J connectivity index is 2.20. The quantitative estimate of drug-likeness (QED) is 0.852. The zero-order valence-electron chi connectivity index (χ0n) is 9.72. The molecule has 2 rings (SSSR count). The molecule has 0 radical (unpaired) electrons. The highest BCUT2D eigenvalue weighted by atomic mass is 16.5. The van der Waals surface area contributed by atoms with Crippen molar-refractivity contribution in [1.82, 2.24) is 4.98 Å². The van der Waals surface area contributed by atoms with Crippen LogP contribution in [0.3, 0.4) is 0 Å². The Morgan fingerprint density at radius 2 is 2.12 bits per heavy atom. The predicted octanol–water partition coefficient (Wildman–Crippen LogP) is 2.46. The third-order valence-electron chi connectivity index (χ3n) is 3.60. The normalized spacial score (nSPS) is 21.6. The lowest BCUT2D eigenvalue weighted by Crippen LogP contribution is -2.40. The van der Waals surface area contributed by atoms with E-state index in [1.165, 1.54) is 6.42 Å². The summed E-state index contributed by atoms with van der Waals surface area (Å²) in [6, 6.07) is 3.76. The molecular formula is C13H19NO2. The summed E-state index contributed by atoms with van der Waals surface area (Å²) in [5.41, 5.74) is 0.452. The Bertz CT molecular complexity index is 320. The van der Waals surface area contributed by atoms with Crippen molar-refractivity contribution >= 4 is 0 Å². The van der Waals surface area contributed by atoms with Crippen molar-refractivity contribution < 1.29 is 9.84 Å². The third kappa shape index (κ3) is 2.11. The van der Waals surface area contributed by atoms with Crippen molar-refractivity contribution in [2.75, 3.05) is 7.11 Å². The van der Waals surface area contributed by atoms with Crippen LogP contribution in [0.15, 0.2) is 24.5 Å². The van der Waals surface area contributed by atoms with Crippen LogP contribution in [0.25, 0.3) is 0 Å². The van der Waals surface area contributed by atoms with Crippen LogP contribution in [0.4, 0.5) is 0 Å². The Kier molecular flexibility index (Phi) is 3.56. The largest absolute Gasteiger partial charge is 0.385 e. The Hall–Kier alpha value is -0.930. The monoisotopic (exact) mass is 221 g/mol. The van der Waals surface area contributed by atoms with Gasteiger partial charge in [0.05, 0.1) is 5.60 Å². The van der Waals surface area contributed by atoms with Gasteiger partial charge in [-0.3, -0.25) is 4.98 Å². The lowest BCUT2D eigenvalue weighted by atomic mass is 9.78. The van der Waals surface area contributed by atoms with Crippen LogP contribution in [-0.4, -0.2) is 22.8 Å². The van der Waals surface area contributed by atoms with Gasteiger partial charge in [0.1, 0.15) is 6.10 Å². The van der Waals surface area contributed by atoms with Gasteiger partial charge in [-0.15, -0.1) is 0 Å². The SMILES string of the molecule is COC1(C(O)c2cccnc2)CCCCC1. The molecule has 1 aromatic rings. The molecule has 1 unspecified atom stereocenters. The smallest absolute Gasteiger partial charge is 0.109 e. The van der Waals surface area contributed by atoms with E-state index in [1.54, 1.807) is 19.5 Å². The zero-order chi connectivity index (χ0) is 11.4. The number of aromatic nitrogens is 1. The first-order valence-electron chi connectivity index (χ1n) is 5.92. The van der Waals surface area contributed by atoms with E-state index in [4.69, 9.17) is 4.74 Å². The molecule has 0 aliphatic heterocycles. The van der Waals surface area contributed by atoms with Gasteiger partial charge in [-0.2, -0.15) is 0 Å². The van der Waals surface area contributed by atoms with E-state index in [-0.39, 0.29) is 0 Å². The number of methoxy groups -OCH3 is 1. The molecule has 1 aliphatic carbocycles. The Morgan fingerprint density at radius 3 is 2.69 bits per heavy atom. The fourth-order valence-electron chi connectivity index (χ4n) is 2.58. The van der Waals surface area contributed by atoms with Gasteiger partial charge < -0.3 is 9.84 Å². The molecule has 0 amide bonds.